The van der Waals surface area contributed by atoms with Crippen molar-refractivity contribution in [2.24, 2.45) is 0 Å². The Hall–Kier alpha value is -1.44. The van der Waals surface area contributed by atoms with Crippen LogP contribution in [0.15, 0.2) is 22.6 Å². The van der Waals surface area contributed by atoms with Crippen LogP contribution >= 0.6 is 23.4 Å². The summed E-state index contributed by atoms with van der Waals surface area (Å²) in [6.45, 7) is 3.19. The minimum absolute atomic E-state index is 0.0687. The Kier molecular flexibility index (Phi) is 4.56. The van der Waals surface area contributed by atoms with Crippen LogP contribution in [0.5, 0.6) is 0 Å². The number of halogens is 1. The summed E-state index contributed by atoms with van der Waals surface area (Å²) in [5.74, 6) is 2.06. The van der Waals surface area contributed by atoms with Crippen molar-refractivity contribution >= 4 is 46.4 Å². The number of amides is 1. The second-order valence-electron chi connectivity index (χ2n) is 5.85. The fourth-order valence-corrected chi connectivity index (χ4v) is 4.05. The van der Waals surface area contributed by atoms with Crippen LogP contribution in [0.25, 0.3) is 11.1 Å². The number of hydrogen-bond donors (Lipinski definition) is 0. The van der Waals surface area contributed by atoms with E-state index in [0.29, 0.717) is 36.3 Å². The van der Waals surface area contributed by atoms with Gasteiger partial charge < -0.3 is 19.0 Å². The highest BCUT2D eigenvalue weighted by Gasteiger charge is 2.32. The van der Waals surface area contributed by atoms with Crippen molar-refractivity contribution in [3.05, 3.63) is 23.2 Å². The van der Waals surface area contributed by atoms with Crippen molar-refractivity contribution in [2.75, 3.05) is 49.2 Å². The summed E-state index contributed by atoms with van der Waals surface area (Å²) in [4.78, 5) is 21.0. The van der Waals surface area contributed by atoms with Crippen molar-refractivity contribution in [1.29, 1.82) is 0 Å². The molecule has 6 nitrogen and oxygen atoms in total. The lowest BCUT2D eigenvalue weighted by atomic mass is 10.2. The Balaban J connectivity index is 1.50. The summed E-state index contributed by atoms with van der Waals surface area (Å²) in [5, 5.41) is 0.625. The number of ether oxygens (including phenoxy) is 1. The van der Waals surface area contributed by atoms with Gasteiger partial charge in [-0.1, -0.05) is 11.6 Å². The first-order valence-corrected chi connectivity index (χ1v) is 9.53. The first-order valence-electron chi connectivity index (χ1n) is 8.00. The molecule has 1 atom stereocenters. The fraction of sp³-hybridized carbons (Fsp3) is 0.500. The number of oxazole rings is 1. The van der Waals surface area contributed by atoms with Crippen LogP contribution in [0.3, 0.4) is 0 Å². The second-order valence-corrected chi connectivity index (χ2v) is 7.51. The lowest BCUT2D eigenvalue weighted by molar-refractivity contribution is -0.144. The van der Waals surface area contributed by atoms with Gasteiger partial charge in [0.2, 0.25) is 0 Å². The first kappa shape index (κ1) is 16.1. The molecule has 1 unspecified atom stereocenters. The number of carbonyl (C=O) groups excluding carboxylic acids is 1. The molecule has 0 spiro atoms. The zero-order valence-electron chi connectivity index (χ0n) is 13.1. The summed E-state index contributed by atoms with van der Waals surface area (Å²) >= 11 is 7.88. The lowest BCUT2D eigenvalue weighted by Crippen LogP contribution is -2.52. The van der Waals surface area contributed by atoms with Gasteiger partial charge in [-0.25, -0.2) is 0 Å². The van der Waals surface area contributed by atoms with Crippen molar-refractivity contribution in [3.8, 4) is 0 Å². The highest BCUT2D eigenvalue weighted by atomic mass is 35.5. The summed E-state index contributed by atoms with van der Waals surface area (Å²) in [5.41, 5.74) is 1.41. The van der Waals surface area contributed by atoms with Gasteiger partial charge in [0, 0.05) is 36.2 Å². The maximum absolute atomic E-state index is 12.6. The lowest BCUT2D eigenvalue weighted by Gasteiger charge is -2.35. The Bertz CT molecular complexity index is 747. The van der Waals surface area contributed by atoms with Crippen LogP contribution in [-0.2, 0) is 9.53 Å². The molecular formula is C16H18ClN3O3S. The Labute approximate surface area is 149 Å². The summed E-state index contributed by atoms with van der Waals surface area (Å²) < 4.78 is 11.5. The number of anilines is 1. The fourth-order valence-electron chi connectivity index (χ4n) is 2.98. The predicted octanol–water partition coefficient (Wildman–Crippen LogP) is 2.26. The van der Waals surface area contributed by atoms with Gasteiger partial charge in [0.15, 0.2) is 11.7 Å². The van der Waals surface area contributed by atoms with Gasteiger partial charge in [0.1, 0.15) is 5.52 Å². The molecule has 128 valence electrons. The van der Waals surface area contributed by atoms with E-state index in [2.05, 4.69) is 4.98 Å². The van der Waals surface area contributed by atoms with Crippen LogP contribution in [0.2, 0.25) is 5.02 Å². The third kappa shape index (κ3) is 3.20. The van der Waals surface area contributed by atoms with E-state index in [4.69, 9.17) is 20.8 Å². The average molecular weight is 368 g/mol. The number of nitrogens with zero attached hydrogens (tertiary/aromatic N) is 3. The monoisotopic (exact) mass is 367 g/mol. The molecule has 0 bridgehead atoms. The van der Waals surface area contributed by atoms with E-state index in [1.165, 1.54) is 0 Å². The molecule has 2 fully saturated rings. The predicted molar refractivity (Wildman–Crippen MR) is 94.9 cm³/mol. The molecule has 0 aliphatic carbocycles. The van der Waals surface area contributed by atoms with Gasteiger partial charge in [-0.3, -0.25) is 4.79 Å². The first-order chi connectivity index (χ1) is 11.7. The third-order valence-corrected chi connectivity index (χ3v) is 5.45. The SMILES string of the molecule is O=C(C1CN(c2nc3cc(Cl)ccc3o2)CCO1)N1CCSCC1. The van der Waals surface area contributed by atoms with Gasteiger partial charge in [-0.15, -0.1) is 0 Å². The zero-order valence-corrected chi connectivity index (χ0v) is 14.7. The van der Waals surface area contributed by atoms with Gasteiger partial charge >= 0.3 is 0 Å². The van der Waals surface area contributed by atoms with Crippen molar-refractivity contribution < 1.29 is 13.9 Å². The van der Waals surface area contributed by atoms with E-state index in [1.54, 1.807) is 12.1 Å². The third-order valence-electron chi connectivity index (χ3n) is 4.27. The number of carbonyl (C=O) groups is 1. The van der Waals surface area contributed by atoms with Crippen LogP contribution in [-0.4, -0.2) is 66.2 Å². The summed E-state index contributed by atoms with van der Waals surface area (Å²) in [7, 11) is 0. The van der Waals surface area contributed by atoms with E-state index in [0.717, 1.165) is 30.1 Å². The molecule has 1 aromatic carbocycles. The molecule has 3 heterocycles. The topological polar surface area (TPSA) is 58.8 Å². The van der Waals surface area contributed by atoms with Crippen LogP contribution in [0, 0.1) is 0 Å². The molecule has 2 aliphatic rings. The second kappa shape index (κ2) is 6.82. The molecule has 2 aromatic rings. The number of rotatable bonds is 2. The van der Waals surface area contributed by atoms with Gasteiger partial charge in [0.25, 0.3) is 11.9 Å². The summed E-state index contributed by atoms with van der Waals surface area (Å²) in [6, 6.07) is 5.88. The standard InChI is InChI=1S/C16H18ClN3O3S/c17-11-1-2-13-12(9-11)18-16(23-13)20-3-6-22-14(10-20)15(21)19-4-7-24-8-5-19/h1-2,9,14H,3-8,10H2. The van der Waals surface area contributed by atoms with Crippen LogP contribution < -0.4 is 4.90 Å². The molecule has 2 saturated heterocycles. The zero-order chi connectivity index (χ0) is 16.5. The molecule has 1 aromatic heterocycles. The van der Waals surface area contributed by atoms with E-state index in [1.807, 2.05) is 27.6 Å². The van der Waals surface area contributed by atoms with E-state index in [-0.39, 0.29) is 5.91 Å². The highest BCUT2D eigenvalue weighted by Crippen LogP contribution is 2.26. The number of morpholine rings is 1. The minimum atomic E-state index is -0.458. The molecule has 2 aliphatic heterocycles. The molecule has 0 saturated carbocycles. The highest BCUT2D eigenvalue weighted by molar-refractivity contribution is 7.99. The summed E-state index contributed by atoms with van der Waals surface area (Å²) in [6.07, 6.45) is -0.458. The van der Waals surface area contributed by atoms with Crippen LogP contribution in [0.4, 0.5) is 6.01 Å². The largest absolute Gasteiger partial charge is 0.423 e. The molecule has 24 heavy (non-hydrogen) atoms. The molecule has 1 amide bonds. The molecule has 0 radical (unpaired) electrons. The number of thioether (sulfide) groups is 1. The van der Waals surface area contributed by atoms with Gasteiger partial charge in [0.05, 0.1) is 13.2 Å². The molecule has 0 N–H and O–H groups in total. The smallest absolute Gasteiger partial charge is 0.298 e. The van der Waals surface area contributed by atoms with Crippen LogP contribution in [0.1, 0.15) is 0 Å². The van der Waals surface area contributed by atoms with Crippen molar-refractivity contribution in [2.45, 2.75) is 6.10 Å². The Morgan fingerprint density at radius 3 is 2.96 bits per heavy atom. The molecular weight excluding hydrogens is 350 g/mol. The average Bonchev–Trinajstić information content (AvgIpc) is 3.05. The number of aromatic nitrogens is 1. The minimum Gasteiger partial charge on any atom is -0.423 e. The number of hydrogen-bond acceptors (Lipinski definition) is 6. The maximum Gasteiger partial charge on any atom is 0.298 e. The maximum atomic E-state index is 12.6. The Morgan fingerprint density at radius 1 is 1.29 bits per heavy atom. The quantitative estimate of drug-likeness (QED) is 0.811. The number of benzene rings is 1. The molecule has 4 rings (SSSR count). The Morgan fingerprint density at radius 2 is 2.12 bits per heavy atom. The normalized spacial score (nSPS) is 22.1. The van der Waals surface area contributed by atoms with E-state index >= 15 is 0 Å². The van der Waals surface area contributed by atoms with Gasteiger partial charge in [-0.05, 0) is 18.2 Å². The molecule has 8 heteroatoms. The van der Waals surface area contributed by atoms with Crippen molar-refractivity contribution in [1.82, 2.24) is 9.88 Å². The van der Waals surface area contributed by atoms with E-state index < -0.39 is 6.10 Å². The van der Waals surface area contributed by atoms with Gasteiger partial charge in [-0.2, -0.15) is 16.7 Å². The van der Waals surface area contributed by atoms with E-state index in [9.17, 15) is 4.79 Å². The number of fused-ring (bicyclic) bond motifs is 1. The van der Waals surface area contributed by atoms with Crippen molar-refractivity contribution in [3.63, 3.8) is 0 Å².